The number of nitrogens with one attached hydrogen (secondary N) is 1. The van der Waals surface area contributed by atoms with Gasteiger partial charge in [0, 0.05) is 6.54 Å². The maximum Gasteiger partial charge on any atom is 0.333 e. The van der Waals surface area contributed by atoms with E-state index >= 15 is 0 Å². The van der Waals surface area contributed by atoms with Crippen LogP contribution in [-0.4, -0.2) is 17.6 Å². The standard InChI is InChI=1S/C7H10N2O2/c1-4-2-6(8)9-3-5(4)7(10)11/h2,9H,3,8H2,1H3,(H,10,11). The zero-order valence-corrected chi connectivity index (χ0v) is 6.22. The van der Waals surface area contributed by atoms with Crippen LogP contribution in [0.25, 0.3) is 0 Å². The third-order valence-corrected chi connectivity index (χ3v) is 1.58. The Morgan fingerprint density at radius 3 is 2.91 bits per heavy atom. The highest BCUT2D eigenvalue weighted by Crippen LogP contribution is 2.09. The number of carbonyl (C=O) groups is 1. The van der Waals surface area contributed by atoms with Crippen molar-refractivity contribution < 1.29 is 9.90 Å². The van der Waals surface area contributed by atoms with Gasteiger partial charge in [-0.25, -0.2) is 4.79 Å². The lowest BCUT2D eigenvalue weighted by Crippen LogP contribution is -2.29. The Balaban J connectivity index is 2.95. The molecule has 0 saturated carbocycles. The van der Waals surface area contributed by atoms with Crippen molar-refractivity contribution in [3.05, 3.63) is 23.0 Å². The van der Waals surface area contributed by atoms with E-state index in [1.54, 1.807) is 13.0 Å². The van der Waals surface area contributed by atoms with E-state index < -0.39 is 5.97 Å². The van der Waals surface area contributed by atoms with E-state index in [2.05, 4.69) is 5.32 Å². The van der Waals surface area contributed by atoms with Gasteiger partial charge in [0.25, 0.3) is 0 Å². The second kappa shape index (κ2) is 2.65. The van der Waals surface area contributed by atoms with Gasteiger partial charge in [-0.05, 0) is 18.6 Å². The van der Waals surface area contributed by atoms with Gasteiger partial charge in [-0.3, -0.25) is 0 Å². The molecule has 0 aromatic rings. The molecule has 1 aliphatic heterocycles. The van der Waals surface area contributed by atoms with E-state index in [0.717, 1.165) is 0 Å². The van der Waals surface area contributed by atoms with Crippen molar-refractivity contribution in [2.75, 3.05) is 6.54 Å². The Morgan fingerprint density at radius 1 is 1.82 bits per heavy atom. The number of carboxylic acid groups (broad SMARTS) is 1. The van der Waals surface area contributed by atoms with Gasteiger partial charge in [0.15, 0.2) is 0 Å². The van der Waals surface area contributed by atoms with Crippen molar-refractivity contribution in [2.45, 2.75) is 6.92 Å². The van der Waals surface area contributed by atoms with Gasteiger partial charge in [-0.15, -0.1) is 0 Å². The Morgan fingerprint density at radius 2 is 2.45 bits per heavy atom. The number of carboxylic acids is 1. The molecule has 0 atom stereocenters. The van der Waals surface area contributed by atoms with E-state index in [4.69, 9.17) is 10.8 Å². The molecule has 0 aromatic heterocycles. The van der Waals surface area contributed by atoms with Crippen LogP contribution in [0.3, 0.4) is 0 Å². The molecular weight excluding hydrogens is 144 g/mol. The van der Waals surface area contributed by atoms with Crippen LogP contribution in [0, 0.1) is 0 Å². The first-order valence-corrected chi connectivity index (χ1v) is 3.25. The average Bonchev–Trinajstić information content (AvgIpc) is 1.85. The van der Waals surface area contributed by atoms with Crippen molar-refractivity contribution in [1.29, 1.82) is 0 Å². The second-order valence-corrected chi connectivity index (χ2v) is 2.42. The van der Waals surface area contributed by atoms with Crippen LogP contribution in [0.1, 0.15) is 6.92 Å². The molecular formula is C7H10N2O2. The van der Waals surface area contributed by atoms with Gasteiger partial charge in [0.05, 0.1) is 11.4 Å². The lowest BCUT2D eigenvalue weighted by molar-refractivity contribution is -0.132. The molecule has 60 valence electrons. The van der Waals surface area contributed by atoms with Gasteiger partial charge in [0.1, 0.15) is 0 Å². The predicted molar refractivity (Wildman–Crippen MR) is 40.6 cm³/mol. The Kier molecular flexibility index (Phi) is 1.85. The Labute approximate surface area is 64.4 Å². The molecule has 0 amide bonds. The quantitative estimate of drug-likeness (QED) is 0.488. The van der Waals surface area contributed by atoms with Crippen LogP contribution in [0.5, 0.6) is 0 Å². The largest absolute Gasteiger partial charge is 0.478 e. The Bertz CT molecular complexity index is 253. The molecule has 1 heterocycles. The molecule has 4 N–H and O–H groups in total. The molecule has 0 spiro atoms. The van der Waals surface area contributed by atoms with E-state index in [1.165, 1.54) is 0 Å². The highest BCUT2D eigenvalue weighted by Gasteiger charge is 2.13. The van der Waals surface area contributed by atoms with Gasteiger partial charge >= 0.3 is 5.97 Å². The van der Waals surface area contributed by atoms with Crippen LogP contribution in [0.15, 0.2) is 23.0 Å². The minimum absolute atomic E-state index is 0.309. The number of rotatable bonds is 1. The van der Waals surface area contributed by atoms with Crippen molar-refractivity contribution in [3.63, 3.8) is 0 Å². The zero-order chi connectivity index (χ0) is 8.43. The van der Waals surface area contributed by atoms with Crippen molar-refractivity contribution in [2.24, 2.45) is 5.73 Å². The summed E-state index contributed by atoms with van der Waals surface area (Å²) < 4.78 is 0. The average molecular weight is 154 g/mol. The summed E-state index contributed by atoms with van der Waals surface area (Å²) in [6.45, 7) is 2.04. The number of allylic oxidation sites excluding steroid dienone is 2. The first-order valence-electron chi connectivity index (χ1n) is 3.25. The summed E-state index contributed by atoms with van der Waals surface area (Å²) in [5.74, 6) is -0.369. The van der Waals surface area contributed by atoms with Crippen LogP contribution < -0.4 is 11.1 Å². The molecule has 4 nitrogen and oxygen atoms in total. The van der Waals surface area contributed by atoms with Crippen molar-refractivity contribution >= 4 is 5.97 Å². The fourth-order valence-electron chi connectivity index (χ4n) is 0.946. The van der Waals surface area contributed by atoms with Gasteiger partial charge in [-0.2, -0.15) is 0 Å². The third-order valence-electron chi connectivity index (χ3n) is 1.58. The predicted octanol–water partition coefficient (Wildman–Crippen LogP) is -0.209. The minimum Gasteiger partial charge on any atom is -0.478 e. The number of hydrogen-bond donors (Lipinski definition) is 3. The summed E-state index contributed by atoms with van der Waals surface area (Å²) >= 11 is 0. The molecule has 0 saturated heterocycles. The Hall–Kier alpha value is -1.45. The summed E-state index contributed by atoms with van der Waals surface area (Å²) in [6.07, 6.45) is 1.62. The first-order chi connectivity index (χ1) is 5.11. The van der Waals surface area contributed by atoms with E-state index in [0.29, 0.717) is 23.5 Å². The first kappa shape index (κ1) is 7.65. The molecule has 0 fully saturated rings. The molecule has 11 heavy (non-hydrogen) atoms. The highest BCUT2D eigenvalue weighted by molar-refractivity contribution is 5.89. The lowest BCUT2D eigenvalue weighted by Gasteiger charge is -2.14. The zero-order valence-electron chi connectivity index (χ0n) is 6.22. The maximum absolute atomic E-state index is 10.5. The molecule has 4 heteroatoms. The monoisotopic (exact) mass is 154 g/mol. The topological polar surface area (TPSA) is 75.3 Å². The molecule has 0 radical (unpaired) electrons. The van der Waals surface area contributed by atoms with Crippen LogP contribution in [0.4, 0.5) is 0 Å². The van der Waals surface area contributed by atoms with Crippen molar-refractivity contribution in [3.8, 4) is 0 Å². The summed E-state index contributed by atoms with van der Waals surface area (Å²) in [5.41, 5.74) is 6.50. The van der Waals surface area contributed by atoms with Gasteiger partial charge in [0.2, 0.25) is 0 Å². The van der Waals surface area contributed by atoms with Crippen LogP contribution in [-0.2, 0) is 4.79 Å². The SMILES string of the molecule is CC1=C(C(=O)O)CNC(N)=C1. The van der Waals surface area contributed by atoms with E-state index in [1.807, 2.05) is 0 Å². The number of aliphatic carboxylic acids is 1. The molecule has 1 rings (SSSR count). The minimum atomic E-state index is -0.890. The molecule has 0 bridgehead atoms. The number of nitrogens with two attached hydrogens (primary N) is 1. The highest BCUT2D eigenvalue weighted by atomic mass is 16.4. The number of hydrogen-bond acceptors (Lipinski definition) is 3. The van der Waals surface area contributed by atoms with E-state index in [9.17, 15) is 4.79 Å². The lowest BCUT2D eigenvalue weighted by atomic mass is 10.1. The third kappa shape index (κ3) is 1.52. The molecule has 0 unspecified atom stereocenters. The van der Waals surface area contributed by atoms with Gasteiger partial charge in [-0.1, -0.05) is 0 Å². The molecule has 1 aliphatic rings. The normalized spacial score (nSPS) is 17.4. The van der Waals surface area contributed by atoms with Crippen LogP contribution in [0.2, 0.25) is 0 Å². The molecule has 0 aromatic carbocycles. The summed E-state index contributed by atoms with van der Waals surface area (Å²) in [7, 11) is 0. The van der Waals surface area contributed by atoms with Gasteiger partial charge < -0.3 is 16.2 Å². The smallest absolute Gasteiger partial charge is 0.333 e. The second-order valence-electron chi connectivity index (χ2n) is 2.42. The fourth-order valence-corrected chi connectivity index (χ4v) is 0.946. The summed E-state index contributed by atoms with van der Waals surface area (Å²) in [5, 5.41) is 11.4. The number of dihydropyridines is 1. The van der Waals surface area contributed by atoms with Crippen molar-refractivity contribution in [1.82, 2.24) is 5.32 Å². The maximum atomic E-state index is 10.5. The summed E-state index contributed by atoms with van der Waals surface area (Å²) in [4.78, 5) is 10.5. The summed E-state index contributed by atoms with van der Waals surface area (Å²) in [6, 6.07) is 0. The fraction of sp³-hybridized carbons (Fsp3) is 0.286. The molecule has 0 aliphatic carbocycles. The van der Waals surface area contributed by atoms with E-state index in [-0.39, 0.29) is 0 Å². The van der Waals surface area contributed by atoms with Crippen LogP contribution >= 0.6 is 0 Å².